The Bertz CT molecular complexity index is 1130. The van der Waals surface area contributed by atoms with E-state index in [1.54, 1.807) is 0 Å². The number of likely N-dealkylation sites (tertiary alicyclic amines) is 1. The first-order valence-corrected chi connectivity index (χ1v) is 10.2. The van der Waals surface area contributed by atoms with E-state index in [0.29, 0.717) is 13.1 Å². The van der Waals surface area contributed by atoms with Gasteiger partial charge in [-0.1, -0.05) is 18.2 Å². The molecular formula is C22H23F3N4O2. The predicted molar refractivity (Wildman–Crippen MR) is 111 cm³/mol. The van der Waals surface area contributed by atoms with Crippen LogP contribution in [-0.4, -0.2) is 46.5 Å². The van der Waals surface area contributed by atoms with E-state index in [1.165, 1.54) is 12.1 Å². The van der Waals surface area contributed by atoms with Crippen LogP contribution < -0.4 is 11.0 Å². The van der Waals surface area contributed by atoms with Crippen LogP contribution in [0.25, 0.3) is 11.0 Å². The third kappa shape index (κ3) is 4.66. The zero-order chi connectivity index (χ0) is 22.0. The van der Waals surface area contributed by atoms with Crippen LogP contribution in [0.15, 0.2) is 53.3 Å². The molecule has 0 bridgehead atoms. The summed E-state index contributed by atoms with van der Waals surface area (Å²) in [4.78, 5) is 29.6. The first kappa shape index (κ1) is 21.2. The molecule has 1 fully saturated rings. The van der Waals surface area contributed by atoms with Crippen molar-refractivity contribution >= 4 is 16.9 Å². The predicted octanol–water partition coefficient (Wildman–Crippen LogP) is 3.42. The molecule has 9 heteroatoms. The fourth-order valence-electron chi connectivity index (χ4n) is 4.10. The van der Waals surface area contributed by atoms with Crippen LogP contribution >= 0.6 is 0 Å². The van der Waals surface area contributed by atoms with Crippen molar-refractivity contribution in [2.75, 3.05) is 26.2 Å². The molecule has 31 heavy (non-hydrogen) atoms. The van der Waals surface area contributed by atoms with Crippen LogP contribution in [0.2, 0.25) is 0 Å². The molecule has 0 atom stereocenters. The highest BCUT2D eigenvalue weighted by Gasteiger charge is 2.31. The number of rotatable bonds is 5. The van der Waals surface area contributed by atoms with Crippen molar-refractivity contribution in [3.63, 3.8) is 0 Å². The lowest BCUT2D eigenvalue weighted by Crippen LogP contribution is -2.41. The summed E-state index contributed by atoms with van der Waals surface area (Å²) in [6.45, 7) is 2.49. The lowest BCUT2D eigenvalue weighted by atomic mass is 10.0. The van der Waals surface area contributed by atoms with Crippen LogP contribution in [0.4, 0.5) is 13.2 Å². The van der Waals surface area contributed by atoms with Gasteiger partial charge in [0.25, 0.3) is 5.91 Å². The second-order valence-corrected chi connectivity index (χ2v) is 7.72. The average molecular weight is 432 g/mol. The molecule has 1 amide bonds. The molecular weight excluding hydrogens is 409 g/mol. The number of hydrogen-bond donors (Lipinski definition) is 2. The topological polar surface area (TPSA) is 70.1 Å². The number of fused-ring (bicyclic) bond motifs is 1. The number of carbonyl (C=O) groups excluding carboxylic acids is 1. The standard InChI is InChI=1S/C22H23F3N4O2/c23-22(24,25)16-5-3-4-15(14-16)20(30)26-10-13-28-11-8-17(9-12-28)29-19-7-2-1-6-18(19)27-21(29)31/h1-7,14,17H,8-13H2,(H,26,30)(H,27,31). The minimum Gasteiger partial charge on any atom is -0.351 e. The number of imidazole rings is 1. The summed E-state index contributed by atoms with van der Waals surface area (Å²) in [5.74, 6) is -0.522. The number of piperidine rings is 1. The monoisotopic (exact) mass is 432 g/mol. The highest BCUT2D eigenvalue weighted by molar-refractivity contribution is 5.94. The highest BCUT2D eigenvalue weighted by atomic mass is 19.4. The number of para-hydroxylation sites is 2. The Morgan fingerprint density at radius 2 is 1.84 bits per heavy atom. The van der Waals surface area contributed by atoms with Gasteiger partial charge in [-0.2, -0.15) is 13.2 Å². The second-order valence-electron chi connectivity index (χ2n) is 7.72. The van der Waals surface area contributed by atoms with Crippen LogP contribution in [0.5, 0.6) is 0 Å². The van der Waals surface area contributed by atoms with Gasteiger partial charge in [-0.25, -0.2) is 4.79 Å². The molecule has 1 aliphatic rings. The van der Waals surface area contributed by atoms with Gasteiger partial charge in [-0.3, -0.25) is 9.36 Å². The summed E-state index contributed by atoms with van der Waals surface area (Å²) < 4.78 is 40.2. The molecule has 4 rings (SSSR count). The second kappa shape index (κ2) is 8.58. The Morgan fingerprint density at radius 3 is 2.58 bits per heavy atom. The molecule has 2 N–H and O–H groups in total. The third-order valence-electron chi connectivity index (χ3n) is 5.71. The van der Waals surface area contributed by atoms with Crippen LogP contribution in [0, 0.1) is 0 Å². The summed E-state index contributed by atoms with van der Waals surface area (Å²) in [5, 5.41) is 2.69. The van der Waals surface area contributed by atoms with Crippen LogP contribution in [0.3, 0.4) is 0 Å². The molecule has 0 saturated carbocycles. The normalized spacial score (nSPS) is 16.0. The lowest BCUT2D eigenvalue weighted by Gasteiger charge is -2.32. The highest BCUT2D eigenvalue weighted by Crippen LogP contribution is 2.29. The minimum absolute atomic E-state index is 0.00718. The fourth-order valence-corrected chi connectivity index (χ4v) is 4.10. The number of amides is 1. The van der Waals surface area contributed by atoms with Gasteiger partial charge in [0.1, 0.15) is 0 Å². The molecule has 1 aromatic heterocycles. The summed E-state index contributed by atoms with van der Waals surface area (Å²) in [6, 6.07) is 12.1. The van der Waals surface area contributed by atoms with E-state index in [2.05, 4.69) is 15.2 Å². The van der Waals surface area contributed by atoms with E-state index in [4.69, 9.17) is 0 Å². The molecule has 0 spiro atoms. The molecule has 0 aliphatic carbocycles. The Hall–Kier alpha value is -3.07. The summed E-state index contributed by atoms with van der Waals surface area (Å²) in [7, 11) is 0. The number of H-pyrrole nitrogens is 1. The van der Waals surface area contributed by atoms with Gasteiger partial charge in [-0.15, -0.1) is 0 Å². The van der Waals surface area contributed by atoms with Gasteiger partial charge >= 0.3 is 11.9 Å². The quantitative estimate of drug-likeness (QED) is 0.649. The smallest absolute Gasteiger partial charge is 0.351 e. The number of halogens is 3. The van der Waals surface area contributed by atoms with E-state index >= 15 is 0 Å². The largest absolute Gasteiger partial charge is 0.416 e. The van der Waals surface area contributed by atoms with E-state index < -0.39 is 17.6 Å². The minimum atomic E-state index is -4.48. The van der Waals surface area contributed by atoms with E-state index in [0.717, 1.165) is 49.1 Å². The Labute approximate surface area is 176 Å². The molecule has 0 radical (unpaired) electrons. The van der Waals surface area contributed by atoms with Crippen molar-refractivity contribution in [2.45, 2.75) is 25.1 Å². The van der Waals surface area contributed by atoms with Gasteiger partial charge in [0, 0.05) is 37.8 Å². The lowest BCUT2D eigenvalue weighted by molar-refractivity contribution is -0.137. The molecule has 6 nitrogen and oxygen atoms in total. The van der Waals surface area contributed by atoms with Gasteiger partial charge in [-0.05, 0) is 43.2 Å². The van der Waals surface area contributed by atoms with Crippen molar-refractivity contribution in [3.8, 4) is 0 Å². The van der Waals surface area contributed by atoms with Crippen molar-refractivity contribution in [1.29, 1.82) is 0 Å². The third-order valence-corrected chi connectivity index (χ3v) is 5.71. The maximum Gasteiger partial charge on any atom is 0.416 e. The SMILES string of the molecule is O=C(NCCN1CCC(n2c(=O)[nH]c3ccccc32)CC1)c1cccc(C(F)(F)F)c1. The van der Waals surface area contributed by atoms with Crippen molar-refractivity contribution in [3.05, 3.63) is 70.1 Å². The molecule has 2 aromatic carbocycles. The number of hydrogen-bond acceptors (Lipinski definition) is 3. The maximum atomic E-state index is 12.8. The summed E-state index contributed by atoms with van der Waals surface area (Å²) in [6.07, 6.45) is -2.86. The van der Waals surface area contributed by atoms with E-state index in [1.807, 2.05) is 28.8 Å². The number of benzene rings is 2. The van der Waals surface area contributed by atoms with Crippen LogP contribution in [0.1, 0.15) is 34.8 Å². The number of carbonyl (C=O) groups is 1. The number of aromatic amines is 1. The number of aromatic nitrogens is 2. The number of nitrogens with zero attached hydrogens (tertiary/aromatic N) is 2. The number of nitrogens with one attached hydrogen (secondary N) is 2. The maximum absolute atomic E-state index is 12.8. The zero-order valence-corrected chi connectivity index (χ0v) is 16.8. The van der Waals surface area contributed by atoms with Gasteiger partial charge < -0.3 is 15.2 Å². The fraction of sp³-hybridized carbons (Fsp3) is 0.364. The molecule has 3 aromatic rings. The average Bonchev–Trinajstić information content (AvgIpc) is 3.09. The molecule has 1 aliphatic heterocycles. The van der Waals surface area contributed by atoms with E-state index in [9.17, 15) is 22.8 Å². The van der Waals surface area contributed by atoms with Gasteiger partial charge in [0.05, 0.1) is 16.6 Å². The van der Waals surface area contributed by atoms with Crippen LogP contribution in [-0.2, 0) is 6.18 Å². The number of alkyl halides is 3. The Balaban J connectivity index is 1.29. The molecule has 0 unspecified atom stereocenters. The first-order valence-electron chi connectivity index (χ1n) is 10.2. The Kier molecular flexibility index (Phi) is 5.86. The summed E-state index contributed by atoms with van der Waals surface area (Å²) >= 11 is 0. The molecule has 2 heterocycles. The zero-order valence-electron chi connectivity index (χ0n) is 16.8. The molecule has 1 saturated heterocycles. The molecule has 164 valence electrons. The van der Waals surface area contributed by atoms with E-state index in [-0.39, 0.29) is 17.3 Å². The van der Waals surface area contributed by atoms with Crippen molar-refractivity contribution in [2.24, 2.45) is 0 Å². The van der Waals surface area contributed by atoms with Crippen molar-refractivity contribution in [1.82, 2.24) is 19.8 Å². The van der Waals surface area contributed by atoms with Gasteiger partial charge in [0.15, 0.2) is 0 Å². The first-order chi connectivity index (χ1) is 14.8. The van der Waals surface area contributed by atoms with Crippen molar-refractivity contribution < 1.29 is 18.0 Å². The van der Waals surface area contributed by atoms with Gasteiger partial charge in [0.2, 0.25) is 0 Å². The summed E-state index contributed by atoms with van der Waals surface area (Å²) in [5.41, 5.74) is 0.779. The Morgan fingerprint density at radius 1 is 1.10 bits per heavy atom.